The monoisotopic (exact) mass is 233 g/mol. The molecule has 5 nitrogen and oxygen atoms in total. The lowest BCUT2D eigenvalue weighted by atomic mass is 10.1. The van der Waals surface area contributed by atoms with Gasteiger partial charge in [-0.15, -0.1) is 0 Å². The van der Waals surface area contributed by atoms with Crippen molar-refractivity contribution in [3.05, 3.63) is 46.0 Å². The third-order valence-electron chi connectivity index (χ3n) is 2.61. The average molecular weight is 233 g/mol. The number of nitro benzene ring substituents is 1. The van der Waals surface area contributed by atoms with Gasteiger partial charge in [-0.25, -0.2) is 0 Å². The van der Waals surface area contributed by atoms with Crippen LogP contribution in [-0.4, -0.2) is 22.9 Å². The number of nitrogens with zero attached hydrogens (tertiary/aromatic N) is 1. The van der Waals surface area contributed by atoms with Crippen LogP contribution in [0.2, 0.25) is 0 Å². The number of ketones is 1. The van der Waals surface area contributed by atoms with Gasteiger partial charge in [0.25, 0.3) is 5.69 Å². The number of hydrogen-bond acceptors (Lipinski definition) is 4. The van der Waals surface area contributed by atoms with Gasteiger partial charge >= 0.3 is 0 Å². The molecule has 1 aromatic rings. The summed E-state index contributed by atoms with van der Waals surface area (Å²) in [6.07, 6.45) is 2.95. The number of benzene rings is 1. The summed E-state index contributed by atoms with van der Waals surface area (Å²) in [6, 6.07) is 6.11. The Morgan fingerprint density at radius 3 is 2.88 bits per heavy atom. The van der Waals surface area contributed by atoms with Crippen molar-refractivity contribution >= 4 is 17.5 Å². The number of non-ortho nitro benzene ring substituents is 1. The summed E-state index contributed by atoms with van der Waals surface area (Å²) in [5, 5.41) is 10.6. The molecule has 1 aliphatic heterocycles. The fraction of sp³-hybridized carbons (Fsp3) is 0.250. The zero-order chi connectivity index (χ0) is 12.5. The zero-order valence-electron chi connectivity index (χ0n) is 9.25. The Labute approximate surface area is 97.9 Å². The van der Waals surface area contributed by atoms with Crippen molar-refractivity contribution in [2.75, 3.05) is 6.61 Å². The van der Waals surface area contributed by atoms with Crippen molar-refractivity contribution < 1.29 is 14.5 Å². The third-order valence-corrected chi connectivity index (χ3v) is 2.61. The van der Waals surface area contributed by atoms with Crippen LogP contribution in [0.4, 0.5) is 5.69 Å². The van der Waals surface area contributed by atoms with E-state index in [2.05, 4.69) is 0 Å². The highest BCUT2D eigenvalue weighted by Gasteiger charge is 2.45. The summed E-state index contributed by atoms with van der Waals surface area (Å²) in [7, 11) is 0. The predicted molar refractivity (Wildman–Crippen MR) is 61.5 cm³/mol. The van der Waals surface area contributed by atoms with E-state index in [1.807, 2.05) is 0 Å². The van der Waals surface area contributed by atoms with E-state index in [-0.39, 0.29) is 11.5 Å². The van der Waals surface area contributed by atoms with Crippen LogP contribution in [0, 0.1) is 10.1 Å². The molecule has 1 atom stereocenters. The fourth-order valence-electron chi connectivity index (χ4n) is 1.34. The van der Waals surface area contributed by atoms with Gasteiger partial charge in [0.05, 0.1) is 11.5 Å². The van der Waals surface area contributed by atoms with Gasteiger partial charge < -0.3 is 4.74 Å². The quantitative estimate of drug-likeness (QED) is 0.345. The molecule has 2 rings (SSSR count). The van der Waals surface area contributed by atoms with Crippen molar-refractivity contribution in [3.63, 3.8) is 0 Å². The number of hydrogen-bond donors (Lipinski definition) is 0. The Balaban J connectivity index is 2.13. The number of epoxide rings is 1. The molecule has 0 N–H and O–H groups in total. The van der Waals surface area contributed by atoms with Crippen molar-refractivity contribution in [1.82, 2.24) is 0 Å². The van der Waals surface area contributed by atoms with Gasteiger partial charge in [0.1, 0.15) is 0 Å². The topological polar surface area (TPSA) is 72.7 Å². The summed E-state index contributed by atoms with van der Waals surface area (Å²) < 4.78 is 5.00. The van der Waals surface area contributed by atoms with Gasteiger partial charge in [-0.2, -0.15) is 0 Å². The summed E-state index contributed by atoms with van der Waals surface area (Å²) in [4.78, 5) is 21.7. The predicted octanol–water partition coefficient (Wildman–Crippen LogP) is 1.97. The first-order valence-electron chi connectivity index (χ1n) is 5.12. The van der Waals surface area contributed by atoms with Gasteiger partial charge in [0, 0.05) is 12.1 Å². The molecular weight excluding hydrogens is 222 g/mol. The highest BCUT2D eigenvalue weighted by molar-refractivity contribution is 6.01. The smallest absolute Gasteiger partial charge is 0.270 e. The maximum atomic E-state index is 11.6. The molecule has 0 aliphatic carbocycles. The first-order valence-corrected chi connectivity index (χ1v) is 5.12. The molecule has 88 valence electrons. The molecule has 0 spiro atoms. The minimum absolute atomic E-state index is 0.00785. The van der Waals surface area contributed by atoms with E-state index in [1.165, 1.54) is 18.2 Å². The van der Waals surface area contributed by atoms with Crippen LogP contribution in [0.15, 0.2) is 30.3 Å². The molecule has 1 heterocycles. The summed E-state index contributed by atoms with van der Waals surface area (Å²) >= 11 is 0. The van der Waals surface area contributed by atoms with E-state index >= 15 is 0 Å². The molecule has 0 bridgehead atoms. The van der Waals surface area contributed by atoms with Crippen LogP contribution in [-0.2, 0) is 9.53 Å². The molecule has 1 aliphatic rings. The fourth-order valence-corrected chi connectivity index (χ4v) is 1.34. The van der Waals surface area contributed by atoms with Gasteiger partial charge in [0.15, 0.2) is 11.4 Å². The summed E-state index contributed by atoms with van der Waals surface area (Å²) in [5.74, 6) is -0.121. The van der Waals surface area contributed by atoms with E-state index in [0.717, 1.165) is 0 Å². The molecule has 1 fully saturated rings. The first-order chi connectivity index (χ1) is 8.01. The molecule has 0 amide bonds. The summed E-state index contributed by atoms with van der Waals surface area (Å²) in [5.41, 5.74) is -0.0534. The molecule has 0 saturated carbocycles. The highest BCUT2D eigenvalue weighted by atomic mass is 16.6. The molecule has 5 heteroatoms. The maximum absolute atomic E-state index is 11.6. The molecule has 1 aromatic carbocycles. The number of rotatable bonds is 4. The molecule has 0 aromatic heterocycles. The Hall–Kier alpha value is -2.01. The Bertz CT molecular complexity index is 503. The molecule has 1 saturated heterocycles. The van der Waals surface area contributed by atoms with Crippen LogP contribution in [0.5, 0.6) is 0 Å². The zero-order valence-corrected chi connectivity index (χ0v) is 9.25. The average Bonchev–Trinajstić information content (AvgIpc) is 3.06. The third kappa shape index (κ3) is 2.57. The van der Waals surface area contributed by atoms with Gasteiger partial charge in [0.2, 0.25) is 0 Å². The highest BCUT2D eigenvalue weighted by Crippen LogP contribution is 2.27. The van der Waals surface area contributed by atoms with Crippen LogP contribution in [0.1, 0.15) is 12.5 Å². The van der Waals surface area contributed by atoms with Crippen molar-refractivity contribution in [1.29, 1.82) is 0 Å². The van der Waals surface area contributed by atoms with Crippen molar-refractivity contribution in [3.8, 4) is 0 Å². The Kier molecular flexibility index (Phi) is 2.77. The lowest BCUT2D eigenvalue weighted by Crippen LogP contribution is -2.17. The minimum atomic E-state index is -0.683. The van der Waals surface area contributed by atoms with Crippen LogP contribution in [0.3, 0.4) is 0 Å². The van der Waals surface area contributed by atoms with Gasteiger partial charge in [-0.05, 0) is 18.6 Å². The normalized spacial score (nSPS) is 22.6. The maximum Gasteiger partial charge on any atom is 0.270 e. The second-order valence-electron chi connectivity index (χ2n) is 4.07. The SMILES string of the molecule is C[C@]1(C(=O)/C=C/c2cccc([N+](=O)[O-])c2)CO1. The largest absolute Gasteiger partial charge is 0.361 e. The molecule has 0 unspecified atom stereocenters. The van der Waals surface area contributed by atoms with Crippen molar-refractivity contribution in [2.45, 2.75) is 12.5 Å². The van der Waals surface area contributed by atoms with Crippen LogP contribution < -0.4 is 0 Å². The van der Waals surface area contributed by atoms with Crippen LogP contribution in [0.25, 0.3) is 6.08 Å². The standard InChI is InChI=1S/C12H11NO4/c1-12(8-17-12)11(14)6-5-9-3-2-4-10(7-9)13(15)16/h2-7H,8H2,1H3/b6-5+/t12-/m1/s1. The molecule has 17 heavy (non-hydrogen) atoms. The second-order valence-corrected chi connectivity index (χ2v) is 4.07. The number of ether oxygens (including phenoxy) is 1. The molecule has 0 radical (unpaired) electrons. The van der Waals surface area contributed by atoms with Gasteiger partial charge in [-0.3, -0.25) is 14.9 Å². The summed E-state index contributed by atoms with van der Waals surface area (Å²) in [6.45, 7) is 2.15. The first kappa shape index (κ1) is 11.5. The Morgan fingerprint density at radius 1 is 1.59 bits per heavy atom. The lowest BCUT2D eigenvalue weighted by molar-refractivity contribution is -0.384. The van der Waals surface area contributed by atoms with E-state index in [9.17, 15) is 14.9 Å². The van der Waals surface area contributed by atoms with E-state index in [4.69, 9.17) is 4.74 Å². The number of carbonyl (C=O) groups excluding carboxylic acids is 1. The van der Waals surface area contributed by atoms with E-state index in [0.29, 0.717) is 12.2 Å². The molecular formula is C12H11NO4. The second kappa shape index (κ2) is 4.10. The van der Waals surface area contributed by atoms with Crippen LogP contribution >= 0.6 is 0 Å². The number of carbonyl (C=O) groups is 1. The van der Waals surface area contributed by atoms with Gasteiger partial charge in [-0.1, -0.05) is 18.2 Å². The van der Waals surface area contributed by atoms with Crippen molar-refractivity contribution in [2.24, 2.45) is 0 Å². The Morgan fingerprint density at radius 2 is 2.29 bits per heavy atom. The van der Waals surface area contributed by atoms with E-state index in [1.54, 1.807) is 25.1 Å². The lowest BCUT2D eigenvalue weighted by Gasteiger charge is -1.97. The van der Waals surface area contributed by atoms with E-state index < -0.39 is 10.5 Å². The number of nitro groups is 1. The minimum Gasteiger partial charge on any atom is -0.361 e.